The molecule has 1 atom stereocenters. The van der Waals surface area contributed by atoms with E-state index in [1.807, 2.05) is 26.1 Å². The van der Waals surface area contributed by atoms with E-state index in [1.54, 1.807) is 31.5 Å². The molecule has 2 rings (SSSR count). The quantitative estimate of drug-likeness (QED) is 0.913. The molecule has 0 saturated carbocycles. The first-order valence-corrected chi connectivity index (χ1v) is 6.57. The monoisotopic (exact) mass is 283 g/mol. The Morgan fingerprint density at radius 1 is 1.29 bits per heavy atom. The zero-order valence-corrected chi connectivity index (χ0v) is 12.3. The molecule has 0 aliphatic rings. The number of nitriles is 1. The minimum absolute atomic E-state index is 0.109. The molecule has 1 heterocycles. The van der Waals surface area contributed by atoms with Crippen LogP contribution in [0.15, 0.2) is 36.5 Å². The SMILES string of the molecule is CNC(C)c1cccnc1Oc1ccc(C#N)cc1OC. The van der Waals surface area contributed by atoms with Crippen molar-refractivity contribution in [2.24, 2.45) is 0 Å². The average molecular weight is 283 g/mol. The van der Waals surface area contributed by atoms with Crippen LogP contribution in [0.2, 0.25) is 0 Å². The number of ether oxygens (including phenoxy) is 2. The van der Waals surface area contributed by atoms with Crippen LogP contribution in [0.25, 0.3) is 0 Å². The molecular weight excluding hydrogens is 266 g/mol. The van der Waals surface area contributed by atoms with Gasteiger partial charge in [-0.05, 0) is 32.2 Å². The Morgan fingerprint density at radius 2 is 2.10 bits per heavy atom. The zero-order chi connectivity index (χ0) is 15.2. The Balaban J connectivity index is 2.37. The molecule has 1 aromatic heterocycles. The number of aromatic nitrogens is 1. The van der Waals surface area contributed by atoms with E-state index in [9.17, 15) is 0 Å². The fourth-order valence-electron chi connectivity index (χ4n) is 1.90. The summed E-state index contributed by atoms with van der Waals surface area (Å²) >= 11 is 0. The number of rotatable bonds is 5. The van der Waals surface area contributed by atoms with E-state index in [0.717, 1.165) is 5.56 Å². The summed E-state index contributed by atoms with van der Waals surface area (Å²) in [6.07, 6.45) is 1.68. The van der Waals surface area contributed by atoms with Gasteiger partial charge in [0.25, 0.3) is 0 Å². The molecule has 108 valence electrons. The third-order valence-electron chi connectivity index (χ3n) is 3.20. The average Bonchev–Trinajstić information content (AvgIpc) is 2.55. The van der Waals surface area contributed by atoms with Crippen molar-refractivity contribution in [3.8, 4) is 23.4 Å². The van der Waals surface area contributed by atoms with Crippen molar-refractivity contribution in [1.82, 2.24) is 10.3 Å². The number of hydrogen-bond acceptors (Lipinski definition) is 5. The van der Waals surface area contributed by atoms with E-state index in [1.165, 1.54) is 0 Å². The number of methoxy groups -OCH3 is 1. The lowest BCUT2D eigenvalue weighted by molar-refractivity contribution is 0.370. The van der Waals surface area contributed by atoms with Crippen molar-refractivity contribution in [3.63, 3.8) is 0 Å². The van der Waals surface area contributed by atoms with E-state index < -0.39 is 0 Å². The first-order chi connectivity index (χ1) is 10.2. The third kappa shape index (κ3) is 3.30. The topological polar surface area (TPSA) is 67.2 Å². The summed E-state index contributed by atoms with van der Waals surface area (Å²) in [6.45, 7) is 2.03. The molecule has 0 radical (unpaired) electrons. The third-order valence-corrected chi connectivity index (χ3v) is 3.20. The molecule has 21 heavy (non-hydrogen) atoms. The number of benzene rings is 1. The summed E-state index contributed by atoms with van der Waals surface area (Å²) in [5.74, 6) is 1.55. The van der Waals surface area contributed by atoms with E-state index >= 15 is 0 Å². The molecule has 0 amide bonds. The zero-order valence-electron chi connectivity index (χ0n) is 12.3. The van der Waals surface area contributed by atoms with Crippen LogP contribution in [-0.4, -0.2) is 19.1 Å². The molecule has 0 bridgehead atoms. The molecular formula is C16H17N3O2. The van der Waals surface area contributed by atoms with Crippen molar-refractivity contribution < 1.29 is 9.47 Å². The van der Waals surface area contributed by atoms with Gasteiger partial charge in [0.1, 0.15) is 0 Å². The molecule has 0 spiro atoms. The summed E-state index contributed by atoms with van der Waals surface area (Å²) in [6, 6.07) is 11.0. The van der Waals surface area contributed by atoms with Gasteiger partial charge in [-0.15, -0.1) is 0 Å². The molecule has 0 aliphatic carbocycles. The molecule has 0 fully saturated rings. The number of nitrogens with zero attached hydrogens (tertiary/aromatic N) is 2. The van der Waals surface area contributed by atoms with Crippen molar-refractivity contribution in [3.05, 3.63) is 47.7 Å². The Kier molecular flexibility index (Phi) is 4.75. The maximum atomic E-state index is 8.92. The summed E-state index contributed by atoms with van der Waals surface area (Å²) in [5, 5.41) is 12.1. The molecule has 5 heteroatoms. The Hall–Kier alpha value is -2.58. The van der Waals surface area contributed by atoms with E-state index in [-0.39, 0.29) is 6.04 Å². The Morgan fingerprint density at radius 3 is 2.76 bits per heavy atom. The summed E-state index contributed by atoms with van der Waals surface area (Å²) in [7, 11) is 3.42. The van der Waals surface area contributed by atoms with Crippen molar-refractivity contribution in [1.29, 1.82) is 5.26 Å². The minimum Gasteiger partial charge on any atom is -0.493 e. The van der Waals surface area contributed by atoms with E-state index in [4.69, 9.17) is 14.7 Å². The van der Waals surface area contributed by atoms with Gasteiger partial charge in [0.05, 0.1) is 18.7 Å². The van der Waals surface area contributed by atoms with Crippen LogP contribution >= 0.6 is 0 Å². The maximum absolute atomic E-state index is 8.92. The van der Waals surface area contributed by atoms with E-state index in [0.29, 0.717) is 22.9 Å². The standard InChI is InChI=1S/C16H17N3O2/c1-11(18-2)13-5-4-8-19-16(13)21-14-7-6-12(10-17)9-15(14)20-3/h4-9,11,18H,1-3H3. The fourth-order valence-corrected chi connectivity index (χ4v) is 1.90. The summed E-state index contributed by atoms with van der Waals surface area (Å²) in [4.78, 5) is 4.28. The fraction of sp³-hybridized carbons (Fsp3) is 0.250. The van der Waals surface area contributed by atoms with Gasteiger partial charge >= 0.3 is 0 Å². The normalized spacial score (nSPS) is 11.5. The van der Waals surface area contributed by atoms with Gasteiger partial charge in [-0.2, -0.15) is 5.26 Å². The van der Waals surface area contributed by atoms with Crippen LogP contribution < -0.4 is 14.8 Å². The van der Waals surface area contributed by atoms with Crippen molar-refractivity contribution in [2.75, 3.05) is 14.2 Å². The maximum Gasteiger partial charge on any atom is 0.224 e. The van der Waals surface area contributed by atoms with Gasteiger partial charge in [-0.1, -0.05) is 6.07 Å². The van der Waals surface area contributed by atoms with Gasteiger partial charge in [0, 0.05) is 23.9 Å². The summed E-state index contributed by atoms with van der Waals surface area (Å²) in [5.41, 5.74) is 1.47. The molecule has 0 saturated heterocycles. The van der Waals surface area contributed by atoms with Crippen molar-refractivity contribution >= 4 is 0 Å². The molecule has 1 aromatic carbocycles. The van der Waals surface area contributed by atoms with Crippen LogP contribution in [0, 0.1) is 11.3 Å². The Labute approximate surface area is 124 Å². The lowest BCUT2D eigenvalue weighted by atomic mass is 10.1. The van der Waals surface area contributed by atoms with Crippen LogP contribution in [0.4, 0.5) is 0 Å². The summed E-state index contributed by atoms with van der Waals surface area (Å²) < 4.78 is 11.1. The molecule has 5 nitrogen and oxygen atoms in total. The minimum atomic E-state index is 0.109. The second-order valence-electron chi connectivity index (χ2n) is 4.49. The molecule has 0 aliphatic heterocycles. The lowest BCUT2D eigenvalue weighted by Gasteiger charge is -2.16. The Bertz CT molecular complexity index is 665. The predicted molar refractivity (Wildman–Crippen MR) is 79.5 cm³/mol. The number of hydrogen-bond donors (Lipinski definition) is 1. The molecule has 2 aromatic rings. The second kappa shape index (κ2) is 6.73. The largest absolute Gasteiger partial charge is 0.493 e. The molecule has 1 N–H and O–H groups in total. The van der Waals surface area contributed by atoms with Crippen LogP contribution in [0.1, 0.15) is 24.1 Å². The number of pyridine rings is 1. The van der Waals surface area contributed by atoms with Gasteiger partial charge in [-0.3, -0.25) is 0 Å². The van der Waals surface area contributed by atoms with E-state index in [2.05, 4.69) is 16.4 Å². The van der Waals surface area contributed by atoms with Crippen LogP contribution in [0.3, 0.4) is 0 Å². The van der Waals surface area contributed by atoms with Crippen molar-refractivity contribution in [2.45, 2.75) is 13.0 Å². The highest BCUT2D eigenvalue weighted by Gasteiger charge is 2.14. The first-order valence-electron chi connectivity index (χ1n) is 6.57. The highest BCUT2D eigenvalue weighted by molar-refractivity contribution is 5.48. The van der Waals surface area contributed by atoms with Gasteiger partial charge in [0.15, 0.2) is 11.5 Å². The van der Waals surface area contributed by atoms with Gasteiger partial charge in [-0.25, -0.2) is 4.98 Å². The van der Waals surface area contributed by atoms with Crippen LogP contribution in [-0.2, 0) is 0 Å². The van der Waals surface area contributed by atoms with Gasteiger partial charge < -0.3 is 14.8 Å². The van der Waals surface area contributed by atoms with Gasteiger partial charge in [0.2, 0.25) is 5.88 Å². The first kappa shape index (κ1) is 14.8. The number of nitrogens with one attached hydrogen (secondary N) is 1. The smallest absolute Gasteiger partial charge is 0.224 e. The highest BCUT2D eigenvalue weighted by atomic mass is 16.5. The lowest BCUT2D eigenvalue weighted by Crippen LogP contribution is -2.13. The molecule has 1 unspecified atom stereocenters. The second-order valence-corrected chi connectivity index (χ2v) is 4.49. The predicted octanol–water partition coefficient (Wildman–Crippen LogP) is 3.03. The van der Waals surface area contributed by atoms with Crippen LogP contribution in [0.5, 0.6) is 17.4 Å². The highest BCUT2D eigenvalue weighted by Crippen LogP contribution is 2.34.